The number of ether oxygens (including phenoxy) is 1. The first-order chi connectivity index (χ1) is 12.4. The fourth-order valence-corrected chi connectivity index (χ4v) is 3.47. The van der Waals surface area contributed by atoms with E-state index >= 15 is 0 Å². The quantitative estimate of drug-likeness (QED) is 0.683. The van der Waals surface area contributed by atoms with Gasteiger partial charge < -0.3 is 14.9 Å². The van der Waals surface area contributed by atoms with Gasteiger partial charge in [-0.1, -0.05) is 42.5 Å². The van der Waals surface area contributed by atoms with E-state index < -0.39 is 11.6 Å². The Labute approximate surface area is 151 Å². The first kappa shape index (κ1) is 16.2. The largest absolute Gasteiger partial charge is 0.508 e. The highest BCUT2D eigenvalue weighted by Crippen LogP contribution is 2.48. The topological polar surface area (TPSA) is 66.8 Å². The molecule has 130 valence electrons. The van der Waals surface area contributed by atoms with Crippen molar-refractivity contribution < 1.29 is 19.7 Å². The van der Waals surface area contributed by atoms with Gasteiger partial charge in [0.2, 0.25) is 0 Å². The van der Waals surface area contributed by atoms with E-state index in [-0.39, 0.29) is 11.5 Å². The van der Waals surface area contributed by atoms with Gasteiger partial charge in [-0.15, -0.1) is 0 Å². The molecular formula is C22H18O4. The Morgan fingerprint density at radius 2 is 1.35 bits per heavy atom. The van der Waals surface area contributed by atoms with Gasteiger partial charge in [0.15, 0.2) is 5.60 Å². The Morgan fingerprint density at radius 1 is 0.808 bits per heavy atom. The van der Waals surface area contributed by atoms with Crippen molar-refractivity contribution in [2.45, 2.75) is 19.4 Å². The predicted molar refractivity (Wildman–Crippen MR) is 97.4 cm³/mol. The minimum atomic E-state index is -1.22. The van der Waals surface area contributed by atoms with Crippen LogP contribution in [0.15, 0.2) is 60.7 Å². The molecule has 4 rings (SSSR count). The van der Waals surface area contributed by atoms with Crippen LogP contribution >= 0.6 is 0 Å². The lowest BCUT2D eigenvalue weighted by molar-refractivity contribution is 0.0250. The van der Waals surface area contributed by atoms with Crippen molar-refractivity contribution in [3.05, 3.63) is 94.0 Å². The van der Waals surface area contributed by atoms with Crippen LogP contribution in [0.1, 0.15) is 38.2 Å². The van der Waals surface area contributed by atoms with E-state index in [1.165, 1.54) is 0 Å². The molecule has 0 saturated carbocycles. The molecule has 0 radical (unpaired) electrons. The molecule has 0 amide bonds. The molecule has 1 heterocycles. The lowest BCUT2D eigenvalue weighted by atomic mass is 9.79. The maximum absolute atomic E-state index is 12.6. The lowest BCUT2D eigenvalue weighted by Crippen LogP contribution is -2.29. The number of aromatic hydroxyl groups is 2. The number of phenols is 2. The Bertz CT molecular complexity index is 985. The maximum Gasteiger partial charge on any atom is 0.340 e. The molecule has 4 nitrogen and oxygen atoms in total. The molecule has 0 unspecified atom stereocenters. The number of cyclic esters (lactones) is 1. The standard InChI is InChI=1S/C22H18O4/c1-13-7-9-15(11-19(13)23)22(16-10-8-14(2)20(24)12-16)18-6-4-3-5-17(18)21(25)26-22/h3-12,23-24H,1-2H3. The normalized spacial score (nSPS) is 14.8. The Hall–Kier alpha value is -3.27. The summed E-state index contributed by atoms with van der Waals surface area (Å²) >= 11 is 0. The highest BCUT2D eigenvalue weighted by Gasteiger charge is 2.48. The summed E-state index contributed by atoms with van der Waals surface area (Å²) in [6.45, 7) is 3.61. The molecule has 0 aromatic heterocycles. The Morgan fingerprint density at radius 3 is 1.88 bits per heavy atom. The maximum atomic E-state index is 12.6. The van der Waals surface area contributed by atoms with Crippen molar-refractivity contribution in [1.82, 2.24) is 0 Å². The summed E-state index contributed by atoms with van der Waals surface area (Å²) in [4.78, 5) is 12.6. The number of benzene rings is 3. The Kier molecular flexibility index (Phi) is 3.51. The molecule has 3 aromatic carbocycles. The summed E-state index contributed by atoms with van der Waals surface area (Å²) in [6.07, 6.45) is 0. The summed E-state index contributed by atoms with van der Waals surface area (Å²) in [5, 5.41) is 20.5. The molecule has 0 aliphatic carbocycles. The number of hydrogen-bond donors (Lipinski definition) is 2. The van der Waals surface area contributed by atoms with Gasteiger partial charge in [-0.25, -0.2) is 4.79 Å². The van der Waals surface area contributed by atoms with Crippen molar-refractivity contribution in [3.8, 4) is 11.5 Å². The molecule has 26 heavy (non-hydrogen) atoms. The minimum absolute atomic E-state index is 0.124. The second-order valence-corrected chi connectivity index (χ2v) is 6.62. The number of phenolic OH excluding ortho intramolecular Hbond substituents is 2. The third-order valence-corrected chi connectivity index (χ3v) is 5.00. The van der Waals surface area contributed by atoms with Gasteiger partial charge in [-0.05, 0) is 43.2 Å². The molecule has 0 atom stereocenters. The van der Waals surface area contributed by atoms with Crippen LogP contribution in [-0.4, -0.2) is 16.2 Å². The molecule has 4 heteroatoms. The van der Waals surface area contributed by atoms with Gasteiger partial charge in [0.25, 0.3) is 0 Å². The van der Waals surface area contributed by atoms with E-state index in [2.05, 4.69) is 0 Å². The number of carbonyl (C=O) groups excluding carboxylic acids is 1. The lowest BCUT2D eigenvalue weighted by Gasteiger charge is -2.30. The van der Waals surface area contributed by atoms with Crippen molar-refractivity contribution in [1.29, 1.82) is 0 Å². The average Bonchev–Trinajstić information content (AvgIpc) is 2.94. The van der Waals surface area contributed by atoms with Gasteiger partial charge in [0.05, 0.1) is 5.56 Å². The Balaban J connectivity index is 2.07. The number of carbonyl (C=O) groups is 1. The van der Waals surface area contributed by atoms with Crippen LogP contribution in [0.3, 0.4) is 0 Å². The van der Waals surface area contributed by atoms with E-state index in [4.69, 9.17) is 4.74 Å². The summed E-state index contributed by atoms with van der Waals surface area (Å²) < 4.78 is 5.92. The van der Waals surface area contributed by atoms with Crippen LogP contribution in [-0.2, 0) is 10.3 Å². The monoisotopic (exact) mass is 346 g/mol. The van der Waals surface area contributed by atoms with Crippen molar-refractivity contribution in [2.75, 3.05) is 0 Å². The number of esters is 1. The van der Waals surface area contributed by atoms with Crippen LogP contribution in [0.2, 0.25) is 0 Å². The fourth-order valence-electron chi connectivity index (χ4n) is 3.47. The third-order valence-electron chi connectivity index (χ3n) is 5.00. The average molecular weight is 346 g/mol. The first-order valence-electron chi connectivity index (χ1n) is 8.36. The summed E-state index contributed by atoms with van der Waals surface area (Å²) in [5.74, 6) is -0.182. The van der Waals surface area contributed by atoms with Crippen LogP contribution < -0.4 is 0 Å². The molecule has 0 fully saturated rings. The second kappa shape index (κ2) is 5.63. The molecule has 3 aromatic rings. The highest BCUT2D eigenvalue weighted by atomic mass is 16.6. The van der Waals surface area contributed by atoms with Crippen LogP contribution in [0.25, 0.3) is 0 Å². The van der Waals surface area contributed by atoms with Gasteiger partial charge in [-0.3, -0.25) is 0 Å². The summed E-state index contributed by atoms with van der Waals surface area (Å²) in [7, 11) is 0. The minimum Gasteiger partial charge on any atom is -0.508 e. The van der Waals surface area contributed by atoms with Gasteiger partial charge in [0.1, 0.15) is 11.5 Å². The highest BCUT2D eigenvalue weighted by molar-refractivity contribution is 5.96. The second-order valence-electron chi connectivity index (χ2n) is 6.62. The molecule has 1 aliphatic rings. The SMILES string of the molecule is Cc1ccc(C2(c3ccc(C)c(O)c3)OC(=O)c3ccccc32)cc1O. The van der Waals surface area contributed by atoms with E-state index in [1.807, 2.05) is 24.3 Å². The van der Waals surface area contributed by atoms with Crippen LogP contribution in [0.5, 0.6) is 11.5 Å². The number of aryl methyl sites for hydroxylation is 2. The molecule has 0 bridgehead atoms. The summed E-state index contributed by atoms with van der Waals surface area (Å²) in [6, 6.07) is 17.7. The van der Waals surface area contributed by atoms with E-state index in [9.17, 15) is 15.0 Å². The molecule has 2 N–H and O–H groups in total. The van der Waals surface area contributed by atoms with Crippen LogP contribution in [0, 0.1) is 13.8 Å². The number of rotatable bonds is 2. The smallest absolute Gasteiger partial charge is 0.340 e. The first-order valence-corrected chi connectivity index (χ1v) is 8.36. The van der Waals surface area contributed by atoms with E-state index in [1.54, 1.807) is 50.2 Å². The number of fused-ring (bicyclic) bond motifs is 1. The van der Waals surface area contributed by atoms with Crippen molar-refractivity contribution in [3.63, 3.8) is 0 Å². The zero-order chi connectivity index (χ0) is 18.5. The van der Waals surface area contributed by atoms with Gasteiger partial charge in [-0.2, -0.15) is 0 Å². The van der Waals surface area contributed by atoms with Crippen molar-refractivity contribution in [2.24, 2.45) is 0 Å². The third kappa shape index (κ3) is 2.19. The molecule has 0 spiro atoms. The zero-order valence-corrected chi connectivity index (χ0v) is 14.5. The van der Waals surface area contributed by atoms with Gasteiger partial charge >= 0.3 is 5.97 Å². The predicted octanol–water partition coefficient (Wildman–Crippen LogP) is 4.18. The van der Waals surface area contributed by atoms with Crippen LogP contribution in [0.4, 0.5) is 0 Å². The van der Waals surface area contributed by atoms with E-state index in [0.29, 0.717) is 22.3 Å². The molecular weight excluding hydrogens is 328 g/mol. The molecule has 1 aliphatic heterocycles. The number of hydrogen-bond acceptors (Lipinski definition) is 4. The van der Waals surface area contributed by atoms with Crippen molar-refractivity contribution >= 4 is 5.97 Å². The zero-order valence-electron chi connectivity index (χ0n) is 14.5. The summed E-state index contributed by atoms with van der Waals surface area (Å²) in [5.41, 5.74) is 2.67. The van der Waals surface area contributed by atoms with E-state index in [0.717, 1.165) is 11.1 Å². The van der Waals surface area contributed by atoms with Gasteiger partial charge in [0, 0.05) is 16.7 Å². The molecule has 0 saturated heterocycles. The fraction of sp³-hybridized carbons (Fsp3) is 0.136.